The summed E-state index contributed by atoms with van der Waals surface area (Å²) in [5.41, 5.74) is 0.971. The van der Waals surface area contributed by atoms with Gasteiger partial charge in [-0.1, -0.05) is 0 Å². The van der Waals surface area contributed by atoms with E-state index in [-0.39, 0.29) is 30.3 Å². The molecule has 0 aliphatic carbocycles. The van der Waals surface area contributed by atoms with Crippen LogP contribution in [0.2, 0.25) is 0 Å². The quantitative estimate of drug-likeness (QED) is 0.807. The molecule has 0 fully saturated rings. The number of esters is 1. The molecule has 0 saturated carbocycles. The minimum Gasteiger partial charge on any atom is -0.493 e. The number of nitrogens with zero attached hydrogens (tertiary/aromatic N) is 3. The van der Waals surface area contributed by atoms with E-state index in [0.717, 1.165) is 0 Å². The van der Waals surface area contributed by atoms with Gasteiger partial charge in [-0.25, -0.2) is 9.78 Å². The Kier molecular flexibility index (Phi) is 3.42. The fourth-order valence-electron chi connectivity index (χ4n) is 1.57. The van der Waals surface area contributed by atoms with E-state index in [4.69, 9.17) is 9.47 Å². The number of hydrogen-bond donors (Lipinski definition) is 1. The number of carbonyl (C=O) groups excluding carboxylic acids is 1. The highest BCUT2D eigenvalue weighted by atomic mass is 16.5. The summed E-state index contributed by atoms with van der Waals surface area (Å²) in [4.78, 5) is 15.9. The first-order chi connectivity index (χ1) is 8.67. The van der Waals surface area contributed by atoms with Gasteiger partial charge in [0.1, 0.15) is 5.56 Å². The molecule has 7 nitrogen and oxygen atoms in total. The molecular formula is C11H13N3O4. The fourth-order valence-corrected chi connectivity index (χ4v) is 1.57. The summed E-state index contributed by atoms with van der Waals surface area (Å²) in [5.74, 6) is -0.628. The van der Waals surface area contributed by atoms with Gasteiger partial charge < -0.3 is 14.6 Å². The van der Waals surface area contributed by atoms with Crippen LogP contribution in [-0.4, -0.2) is 39.4 Å². The second-order valence-electron chi connectivity index (χ2n) is 3.55. The van der Waals surface area contributed by atoms with Crippen LogP contribution in [-0.2, 0) is 16.1 Å². The molecule has 2 aromatic rings. The molecule has 2 heterocycles. The Morgan fingerprint density at radius 2 is 2.33 bits per heavy atom. The molecule has 1 N–H and O–H groups in total. The van der Waals surface area contributed by atoms with Gasteiger partial charge >= 0.3 is 5.97 Å². The SMILES string of the molecule is CCOC(=O)c1cnn2c(O)cc(COC)nc12. The van der Waals surface area contributed by atoms with Crippen LogP contribution in [0.15, 0.2) is 12.3 Å². The first-order valence-electron chi connectivity index (χ1n) is 5.40. The summed E-state index contributed by atoms with van der Waals surface area (Å²) in [6.07, 6.45) is 1.32. The van der Waals surface area contributed by atoms with Crippen molar-refractivity contribution in [1.82, 2.24) is 14.6 Å². The Morgan fingerprint density at radius 3 is 3.00 bits per heavy atom. The molecule has 18 heavy (non-hydrogen) atoms. The Bertz CT molecular complexity index is 579. The lowest BCUT2D eigenvalue weighted by molar-refractivity contribution is 0.0528. The molecule has 0 saturated heterocycles. The van der Waals surface area contributed by atoms with Crippen LogP contribution in [0.4, 0.5) is 0 Å². The predicted octanol–water partition coefficient (Wildman–Crippen LogP) is 0.758. The van der Waals surface area contributed by atoms with Crippen molar-refractivity contribution < 1.29 is 19.4 Å². The van der Waals surface area contributed by atoms with Crippen molar-refractivity contribution in [2.45, 2.75) is 13.5 Å². The van der Waals surface area contributed by atoms with E-state index in [9.17, 15) is 9.90 Å². The van der Waals surface area contributed by atoms with Crippen molar-refractivity contribution >= 4 is 11.6 Å². The van der Waals surface area contributed by atoms with Crippen molar-refractivity contribution in [3.05, 3.63) is 23.5 Å². The smallest absolute Gasteiger partial charge is 0.343 e. The van der Waals surface area contributed by atoms with E-state index in [1.807, 2.05) is 0 Å². The maximum Gasteiger partial charge on any atom is 0.343 e. The molecule has 0 aromatic carbocycles. The number of ether oxygens (including phenoxy) is 2. The number of rotatable bonds is 4. The molecule has 0 aliphatic heterocycles. The molecule has 0 bridgehead atoms. The third-order valence-electron chi connectivity index (χ3n) is 2.29. The minimum absolute atomic E-state index is 0.109. The number of hydrogen-bond acceptors (Lipinski definition) is 6. The molecule has 7 heteroatoms. The molecule has 0 amide bonds. The molecule has 0 aliphatic rings. The van der Waals surface area contributed by atoms with Gasteiger partial charge in [0, 0.05) is 13.2 Å². The zero-order valence-corrected chi connectivity index (χ0v) is 10.1. The Morgan fingerprint density at radius 1 is 1.56 bits per heavy atom. The van der Waals surface area contributed by atoms with Gasteiger partial charge in [-0.05, 0) is 6.92 Å². The molecule has 0 radical (unpaired) electrons. The third kappa shape index (κ3) is 2.12. The van der Waals surface area contributed by atoms with Crippen molar-refractivity contribution in [2.75, 3.05) is 13.7 Å². The van der Waals surface area contributed by atoms with Gasteiger partial charge in [-0.3, -0.25) is 0 Å². The molecule has 2 rings (SSSR count). The van der Waals surface area contributed by atoms with Crippen molar-refractivity contribution in [1.29, 1.82) is 0 Å². The summed E-state index contributed by atoms with van der Waals surface area (Å²) in [7, 11) is 1.52. The van der Waals surface area contributed by atoms with Gasteiger partial charge in [0.05, 0.1) is 25.1 Å². The number of methoxy groups -OCH3 is 1. The monoisotopic (exact) mass is 251 g/mol. The summed E-state index contributed by atoms with van der Waals surface area (Å²) in [6.45, 7) is 2.21. The van der Waals surface area contributed by atoms with E-state index in [2.05, 4.69) is 10.1 Å². The van der Waals surface area contributed by atoms with Crippen LogP contribution < -0.4 is 0 Å². The van der Waals surface area contributed by atoms with Gasteiger partial charge in [0.2, 0.25) is 5.88 Å². The second kappa shape index (κ2) is 5.01. The second-order valence-corrected chi connectivity index (χ2v) is 3.55. The van der Waals surface area contributed by atoms with E-state index in [0.29, 0.717) is 5.69 Å². The van der Waals surface area contributed by atoms with Crippen LogP contribution in [0.5, 0.6) is 5.88 Å². The van der Waals surface area contributed by atoms with Gasteiger partial charge in [0.15, 0.2) is 5.65 Å². The lowest BCUT2D eigenvalue weighted by Crippen LogP contribution is -2.06. The maximum atomic E-state index is 11.7. The third-order valence-corrected chi connectivity index (χ3v) is 2.29. The normalized spacial score (nSPS) is 10.8. The Hall–Kier alpha value is -2.15. The average molecular weight is 251 g/mol. The maximum absolute atomic E-state index is 11.7. The van der Waals surface area contributed by atoms with Crippen molar-refractivity contribution in [3.63, 3.8) is 0 Å². The number of aromatic hydroxyl groups is 1. The first kappa shape index (κ1) is 12.3. The summed E-state index contributed by atoms with van der Waals surface area (Å²) >= 11 is 0. The van der Waals surface area contributed by atoms with E-state index in [1.165, 1.54) is 23.9 Å². The van der Waals surface area contributed by atoms with Gasteiger partial charge in [-0.15, -0.1) is 0 Å². The number of fused-ring (bicyclic) bond motifs is 1. The largest absolute Gasteiger partial charge is 0.493 e. The highest BCUT2D eigenvalue weighted by Crippen LogP contribution is 2.17. The first-order valence-corrected chi connectivity index (χ1v) is 5.40. The summed E-state index contributed by atoms with van der Waals surface area (Å²) in [5, 5.41) is 13.6. The average Bonchev–Trinajstić information content (AvgIpc) is 2.74. The summed E-state index contributed by atoms with van der Waals surface area (Å²) in [6, 6.07) is 1.43. The van der Waals surface area contributed by atoms with Gasteiger partial charge in [-0.2, -0.15) is 9.61 Å². The molecule has 0 unspecified atom stereocenters. The van der Waals surface area contributed by atoms with Crippen LogP contribution in [0.25, 0.3) is 5.65 Å². The fraction of sp³-hybridized carbons (Fsp3) is 0.364. The molecule has 96 valence electrons. The van der Waals surface area contributed by atoms with E-state index in [1.54, 1.807) is 6.92 Å². The highest BCUT2D eigenvalue weighted by molar-refractivity contribution is 5.95. The topological polar surface area (TPSA) is 86.0 Å². The van der Waals surface area contributed by atoms with E-state index >= 15 is 0 Å². The molecule has 2 aromatic heterocycles. The Balaban J connectivity index is 2.52. The lowest BCUT2D eigenvalue weighted by atomic mass is 10.3. The molecular weight excluding hydrogens is 238 g/mol. The highest BCUT2D eigenvalue weighted by Gasteiger charge is 2.17. The number of aromatic nitrogens is 3. The van der Waals surface area contributed by atoms with Crippen LogP contribution >= 0.6 is 0 Å². The number of carbonyl (C=O) groups is 1. The standard InChI is InChI=1S/C11H13N3O4/c1-3-18-11(16)8-5-12-14-9(15)4-7(6-17-2)13-10(8)14/h4-5,15H,3,6H2,1-2H3. The zero-order chi connectivity index (χ0) is 13.1. The minimum atomic E-state index is -0.519. The van der Waals surface area contributed by atoms with Gasteiger partial charge in [0.25, 0.3) is 0 Å². The molecule has 0 atom stereocenters. The van der Waals surface area contributed by atoms with Crippen molar-refractivity contribution in [2.24, 2.45) is 0 Å². The zero-order valence-electron chi connectivity index (χ0n) is 10.1. The van der Waals surface area contributed by atoms with Crippen LogP contribution in [0.3, 0.4) is 0 Å². The predicted molar refractivity (Wildman–Crippen MR) is 61.3 cm³/mol. The van der Waals surface area contributed by atoms with Crippen molar-refractivity contribution in [3.8, 4) is 5.88 Å². The lowest BCUT2D eigenvalue weighted by Gasteiger charge is -2.03. The molecule has 0 spiro atoms. The van der Waals surface area contributed by atoms with E-state index < -0.39 is 5.97 Å². The summed E-state index contributed by atoms with van der Waals surface area (Å²) < 4.78 is 11.0. The van der Waals surface area contributed by atoms with Crippen LogP contribution in [0, 0.1) is 0 Å². The van der Waals surface area contributed by atoms with Crippen LogP contribution in [0.1, 0.15) is 23.0 Å². The Labute approximate surface area is 103 Å².